The van der Waals surface area contributed by atoms with Gasteiger partial charge in [0.2, 0.25) is 0 Å². The number of benzene rings is 2. The molecule has 0 saturated carbocycles. The molecule has 4 aromatic rings. The van der Waals surface area contributed by atoms with Crippen molar-refractivity contribution in [2.24, 2.45) is 7.05 Å². The summed E-state index contributed by atoms with van der Waals surface area (Å²) in [6, 6.07) is 18.5. The van der Waals surface area contributed by atoms with E-state index >= 15 is 0 Å². The van der Waals surface area contributed by atoms with Crippen molar-refractivity contribution in [3.05, 3.63) is 103 Å². The highest BCUT2D eigenvalue weighted by Gasteiger charge is 2.19. The molecular formula is C23H20N2O4S. The van der Waals surface area contributed by atoms with E-state index in [1.165, 1.54) is 15.2 Å². The van der Waals surface area contributed by atoms with E-state index in [0.29, 0.717) is 15.1 Å². The Hall–Kier alpha value is -3.45. The Balaban J connectivity index is 1.67. The maximum Gasteiger partial charge on any atom is 0.348 e. The van der Waals surface area contributed by atoms with Gasteiger partial charge in [-0.05, 0) is 24.1 Å². The Morgan fingerprint density at radius 3 is 2.40 bits per heavy atom. The zero-order chi connectivity index (χ0) is 21.3. The van der Waals surface area contributed by atoms with Gasteiger partial charge in [0.05, 0.1) is 11.9 Å². The summed E-state index contributed by atoms with van der Waals surface area (Å²) in [5, 5.41) is 0.334. The molecule has 0 aliphatic heterocycles. The number of hydrogen-bond acceptors (Lipinski definition) is 5. The van der Waals surface area contributed by atoms with Crippen LogP contribution >= 0.6 is 11.3 Å². The van der Waals surface area contributed by atoms with Crippen LogP contribution in [0.15, 0.2) is 70.3 Å². The van der Waals surface area contributed by atoms with Gasteiger partial charge in [0.25, 0.3) is 5.56 Å². The number of nitrogens with zero attached hydrogens (tertiary/aromatic N) is 2. The molecule has 2 aromatic heterocycles. The number of hydrogen-bond donors (Lipinski definition) is 0. The van der Waals surface area contributed by atoms with Gasteiger partial charge >= 0.3 is 11.7 Å². The van der Waals surface area contributed by atoms with E-state index in [1.807, 2.05) is 61.5 Å². The molecule has 0 unspecified atom stereocenters. The van der Waals surface area contributed by atoms with Gasteiger partial charge in [-0.15, -0.1) is 11.3 Å². The molecular weight excluding hydrogens is 400 g/mol. The molecule has 0 bridgehead atoms. The van der Waals surface area contributed by atoms with Crippen molar-refractivity contribution >= 4 is 27.5 Å². The zero-order valence-corrected chi connectivity index (χ0v) is 17.4. The highest BCUT2D eigenvalue weighted by atomic mass is 32.1. The SMILES string of the molecule is Cc1ccc(Cn2c(=O)c3cc(C(=O)OCc4ccccc4)sc3n(C)c2=O)cc1. The highest BCUT2D eigenvalue weighted by molar-refractivity contribution is 7.20. The molecule has 0 aliphatic rings. The van der Waals surface area contributed by atoms with Gasteiger partial charge < -0.3 is 4.74 Å². The van der Waals surface area contributed by atoms with E-state index in [9.17, 15) is 14.4 Å². The first-order valence-corrected chi connectivity index (χ1v) is 10.3. The van der Waals surface area contributed by atoms with Crippen LogP contribution in [0.1, 0.15) is 26.4 Å². The van der Waals surface area contributed by atoms with Crippen LogP contribution in [0.3, 0.4) is 0 Å². The number of aromatic nitrogens is 2. The Kier molecular flexibility index (Phi) is 5.37. The van der Waals surface area contributed by atoms with Gasteiger partial charge in [-0.1, -0.05) is 60.2 Å². The fraction of sp³-hybridized carbons (Fsp3) is 0.174. The second kappa shape index (κ2) is 8.12. The van der Waals surface area contributed by atoms with Crippen LogP contribution in [0.2, 0.25) is 0 Å². The third kappa shape index (κ3) is 3.84. The van der Waals surface area contributed by atoms with Crippen LogP contribution in [-0.4, -0.2) is 15.1 Å². The van der Waals surface area contributed by atoms with Gasteiger partial charge in [-0.3, -0.25) is 13.9 Å². The summed E-state index contributed by atoms with van der Waals surface area (Å²) in [6.07, 6.45) is 0. The van der Waals surface area contributed by atoms with Crippen molar-refractivity contribution in [2.75, 3.05) is 0 Å². The highest BCUT2D eigenvalue weighted by Crippen LogP contribution is 2.23. The average molecular weight is 420 g/mol. The molecule has 0 fully saturated rings. The number of thiophene rings is 1. The van der Waals surface area contributed by atoms with E-state index in [4.69, 9.17) is 4.74 Å². The minimum atomic E-state index is -0.517. The van der Waals surface area contributed by atoms with Gasteiger partial charge in [-0.2, -0.15) is 0 Å². The molecule has 0 atom stereocenters. The summed E-state index contributed by atoms with van der Waals surface area (Å²) in [6.45, 7) is 2.29. The Morgan fingerprint density at radius 2 is 1.70 bits per heavy atom. The van der Waals surface area contributed by atoms with Crippen LogP contribution < -0.4 is 11.2 Å². The van der Waals surface area contributed by atoms with Gasteiger partial charge in [0, 0.05) is 7.05 Å². The first-order valence-electron chi connectivity index (χ1n) is 9.44. The molecule has 0 radical (unpaired) electrons. The summed E-state index contributed by atoms with van der Waals surface area (Å²) in [5.41, 5.74) is 2.01. The average Bonchev–Trinajstić information content (AvgIpc) is 3.21. The smallest absolute Gasteiger partial charge is 0.348 e. The molecule has 4 rings (SSSR count). The van der Waals surface area contributed by atoms with Crippen LogP contribution in [0.5, 0.6) is 0 Å². The number of carbonyl (C=O) groups excluding carboxylic acids is 1. The lowest BCUT2D eigenvalue weighted by Gasteiger charge is -2.08. The maximum absolute atomic E-state index is 13.0. The Morgan fingerprint density at radius 1 is 1.00 bits per heavy atom. The summed E-state index contributed by atoms with van der Waals surface area (Å²) >= 11 is 1.09. The predicted molar refractivity (Wildman–Crippen MR) is 117 cm³/mol. The van der Waals surface area contributed by atoms with Gasteiger partial charge in [-0.25, -0.2) is 9.59 Å². The largest absolute Gasteiger partial charge is 0.457 e. The van der Waals surface area contributed by atoms with E-state index < -0.39 is 17.2 Å². The lowest BCUT2D eigenvalue weighted by atomic mass is 10.1. The van der Waals surface area contributed by atoms with Crippen molar-refractivity contribution in [3.8, 4) is 0 Å². The topological polar surface area (TPSA) is 70.3 Å². The standard InChI is InChI=1S/C23H20N2O4S/c1-15-8-10-16(11-9-15)13-25-20(26)18-12-19(30-21(18)24(2)23(25)28)22(27)29-14-17-6-4-3-5-7-17/h3-12H,13-14H2,1-2H3. The van der Waals surface area contributed by atoms with Crippen LogP contribution in [0.4, 0.5) is 0 Å². The number of aryl methyl sites for hydroxylation is 2. The third-order valence-electron chi connectivity index (χ3n) is 4.89. The van der Waals surface area contributed by atoms with E-state index in [1.54, 1.807) is 7.05 Å². The van der Waals surface area contributed by atoms with Crippen LogP contribution in [0.25, 0.3) is 10.2 Å². The lowest BCUT2D eigenvalue weighted by molar-refractivity contribution is 0.0478. The number of esters is 1. The molecule has 2 aromatic carbocycles. The number of rotatable bonds is 5. The third-order valence-corrected chi connectivity index (χ3v) is 6.08. The fourth-order valence-corrected chi connectivity index (χ4v) is 4.19. The monoisotopic (exact) mass is 420 g/mol. The molecule has 0 saturated heterocycles. The number of ether oxygens (including phenoxy) is 1. The summed E-state index contributed by atoms with van der Waals surface area (Å²) in [5.74, 6) is -0.517. The van der Waals surface area contributed by atoms with Crippen LogP contribution in [0, 0.1) is 6.92 Å². The minimum Gasteiger partial charge on any atom is -0.457 e. The summed E-state index contributed by atoms with van der Waals surface area (Å²) in [4.78, 5) is 39.0. The molecule has 152 valence electrons. The van der Waals surface area contributed by atoms with Crippen molar-refractivity contribution < 1.29 is 9.53 Å². The van der Waals surface area contributed by atoms with E-state index in [2.05, 4.69) is 0 Å². The molecule has 7 heteroatoms. The summed E-state index contributed by atoms with van der Waals surface area (Å²) in [7, 11) is 1.60. The predicted octanol–water partition coefficient (Wildman–Crippen LogP) is 3.48. The van der Waals surface area contributed by atoms with Gasteiger partial charge in [0.1, 0.15) is 16.3 Å². The van der Waals surface area contributed by atoms with Gasteiger partial charge in [0.15, 0.2) is 0 Å². The molecule has 0 N–H and O–H groups in total. The molecule has 30 heavy (non-hydrogen) atoms. The first kappa shape index (κ1) is 19.8. The van der Waals surface area contributed by atoms with E-state index in [-0.39, 0.29) is 13.2 Å². The quantitative estimate of drug-likeness (QED) is 0.464. The van der Waals surface area contributed by atoms with Crippen molar-refractivity contribution in [2.45, 2.75) is 20.1 Å². The fourth-order valence-electron chi connectivity index (χ4n) is 3.19. The molecule has 0 spiro atoms. The normalized spacial score (nSPS) is 11.0. The minimum absolute atomic E-state index is 0.143. The number of fused-ring (bicyclic) bond motifs is 1. The van der Waals surface area contributed by atoms with Crippen LogP contribution in [-0.2, 0) is 24.9 Å². The first-order chi connectivity index (χ1) is 14.4. The summed E-state index contributed by atoms with van der Waals surface area (Å²) < 4.78 is 7.97. The van der Waals surface area contributed by atoms with E-state index in [0.717, 1.165) is 28.0 Å². The zero-order valence-electron chi connectivity index (χ0n) is 16.6. The molecule has 6 nitrogen and oxygen atoms in total. The Bertz CT molecular complexity index is 1330. The molecule has 0 amide bonds. The lowest BCUT2D eigenvalue weighted by Crippen LogP contribution is -2.38. The van der Waals surface area contributed by atoms with Crippen molar-refractivity contribution in [1.29, 1.82) is 0 Å². The van der Waals surface area contributed by atoms with Crippen molar-refractivity contribution in [1.82, 2.24) is 9.13 Å². The number of carbonyl (C=O) groups is 1. The second-order valence-corrected chi connectivity index (χ2v) is 8.14. The Labute approximate surface area is 176 Å². The second-order valence-electron chi connectivity index (χ2n) is 7.11. The molecule has 2 heterocycles. The van der Waals surface area contributed by atoms with Crippen molar-refractivity contribution in [3.63, 3.8) is 0 Å². The molecule has 0 aliphatic carbocycles. The maximum atomic E-state index is 13.0.